The smallest absolute Gasteiger partial charge is 0.225 e. The van der Waals surface area contributed by atoms with Crippen molar-refractivity contribution in [1.29, 1.82) is 5.26 Å². The Morgan fingerprint density at radius 3 is 2.69 bits per heavy atom. The van der Waals surface area contributed by atoms with Crippen LogP contribution >= 0.6 is 11.3 Å². The maximum absolute atomic E-state index is 16.2. The van der Waals surface area contributed by atoms with E-state index in [4.69, 9.17) is 10.5 Å². The molecule has 1 fully saturated rings. The summed E-state index contributed by atoms with van der Waals surface area (Å²) in [7, 11) is 0. The molecule has 0 bridgehead atoms. The van der Waals surface area contributed by atoms with Crippen LogP contribution in [0.15, 0.2) is 18.3 Å². The maximum atomic E-state index is 16.2. The molecule has 0 atom stereocenters. The minimum atomic E-state index is -0.632. The Morgan fingerprint density at radius 1 is 1.12 bits per heavy atom. The highest BCUT2D eigenvalue weighted by atomic mass is 32.1. The highest BCUT2D eigenvalue weighted by Gasteiger charge is 2.30. The van der Waals surface area contributed by atoms with E-state index >= 15 is 8.78 Å². The van der Waals surface area contributed by atoms with E-state index in [9.17, 15) is 5.26 Å². The second-order valence-corrected chi connectivity index (χ2v) is 9.10. The quantitative estimate of drug-likeness (QED) is 0.470. The molecule has 2 aromatic carbocycles. The second kappa shape index (κ2) is 7.08. The number of nitriles is 1. The lowest BCUT2D eigenvalue weighted by Crippen LogP contribution is -2.20. The minimum absolute atomic E-state index is 0.0366. The zero-order valence-electron chi connectivity index (χ0n) is 16.9. The summed E-state index contributed by atoms with van der Waals surface area (Å²) in [6.45, 7) is 2.05. The number of hydrogen-bond acceptors (Lipinski definition) is 7. The molecule has 4 heterocycles. The number of benzene rings is 2. The first-order valence-corrected chi connectivity index (χ1v) is 11.1. The van der Waals surface area contributed by atoms with Crippen molar-refractivity contribution in [2.75, 3.05) is 23.7 Å². The average molecular weight is 449 g/mol. The Kier molecular flexibility index (Phi) is 4.28. The summed E-state index contributed by atoms with van der Waals surface area (Å²) in [6.07, 6.45) is 3.71. The lowest BCUT2D eigenvalue weighted by Gasteiger charge is -2.18. The molecule has 2 N–H and O–H groups in total. The zero-order chi connectivity index (χ0) is 22.0. The number of thiophene rings is 1. The number of aromatic nitrogens is 2. The van der Waals surface area contributed by atoms with Gasteiger partial charge in [-0.25, -0.2) is 18.7 Å². The van der Waals surface area contributed by atoms with E-state index in [-0.39, 0.29) is 40.4 Å². The zero-order valence-corrected chi connectivity index (χ0v) is 17.7. The van der Waals surface area contributed by atoms with Crippen molar-refractivity contribution < 1.29 is 13.5 Å². The molecule has 160 valence electrons. The van der Waals surface area contributed by atoms with Gasteiger partial charge in [-0.05, 0) is 36.1 Å². The molecule has 4 aromatic rings. The summed E-state index contributed by atoms with van der Waals surface area (Å²) in [5, 5.41) is 10.8. The summed E-state index contributed by atoms with van der Waals surface area (Å²) in [5.74, 6) is -0.782. The number of hydrogen-bond donors (Lipinski definition) is 1. The van der Waals surface area contributed by atoms with Crippen LogP contribution in [0.5, 0.6) is 0 Å². The Morgan fingerprint density at radius 2 is 1.91 bits per heavy atom. The number of ether oxygens (including phenoxy) is 1. The van der Waals surface area contributed by atoms with E-state index < -0.39 is 11.6 Å². The molecule has 2 aliphatic rings. The predicted octanol–water partition coefficient (Wildman–Crippen LogP) is 4.87. The molecule has 2 aliphatic heterocycles. The van der Waals surface area contributed by atoms with Gasteiger partial charge in [0.05, 0.1) is 18.8 Å². The highest BCUT2D eigenvalue weighted by Crippen LogP contribution is 2.46. The van der Waals surface area contributed by atoms with Crippen LogP contribution in [0.3, 0.4) is 0 Å². The van der Waals surface area contributed by atoms with Gasteiger partial charge in [0.25, 0.3) is 0 Å². The monoisotopic (exact) mass is 449 g/mol. The van der Waals surface area contributed by atoms with Crippen molar-refractivity contribution in [3.63, 3.8) is 0 Å². The van der Waals surface area contributed by atoms with E-state index in [0.717, 1.165) is 31.5 Å². The van der Waals surface area contributed by atoms with Gasteiger partial charge >= 0.3 is 0 Å². The molecule has 0 unspecified atom stereocenters. The summed E-state index contributed by atoms with van der Waals surface area (Å²) < 4.78 is 37.8. The van der Waals surface area contributed by atoms with Crippen LogP contribution < -0.4 is 10.6 Å². The first-order chi connectivity index (χ1) is 15.6. The number of nitrogens with zero attached hydrogens (tertiary/aromatic N) is 4. The van der Waals surface area contributed by atoms with Crippen molar-refractivity contribution in [3.8, 4) is 17.2 Å². The molecule has 0 aliphatic carbocycles. The summed E-state index contributed by atoms with van der Waals surface area (Å²) in [6, 6.07) is 4.92. The van der Waals surface area contributed by atoms with Crippen LogP contribution in [0, 0.1) is 23.0 Å². The number of rotatable bonds is 2. The lowest BCUT2D eigenvalue weighted by molar-refractivity contribution is 0.135. The molecule has 9 heteroatoms. The summed E-state index contributed by atoms with van der Waals surface area (Å²) >= 11 is 1.19. The van der Waals surface area contributed by atoms with Crippen LogP contribution in [0.4, 0.5) is 19.7 Å². The van der Waals surface area contributed by atoms with Crippen molar-refractivity contribution in [2.45, 2.75) is 26.1 Å². The number of halogens is 2. The molecule has 1 saturated heterocycles. The molecule has 2 aromatic heterocycles. The second-order valence-electron chi connectivity index (χ2n) is 8.01. The Labute approximate surface area is 185 Å². The van der Waals surface area contributed by atoms with Gasteiger partial charge in [-0.2, -0.15) is 5.26 Å². The van der Waals surface area contributed by atoms with Gasteiger partial charge in [-0.15, -0.1) is 11.3 Å². The normalized spacial score (nSPS) is 15.6. The molecule has 0 radical (unpaired) electrons. The van der Waals surface area contributed by atoms with E-state index in [1.165, 1.54) is 17.4 Å². The number of anilines is 2. The molecule has 6 rings (SSSR count). The van der Waals surface area contributed by atoms with Crippen LogP contribution in [-0.2, 0) is 18.0 Å². The van der Waals surface area contributed by atoms with Crippen molar-refractivity contribution in [1.82, 2.24) is 9.97 Å². The van der Waals surface area contributed by atoms with Gasteiger partial charge in [-0.3, -0.25) is 0 Å². The topological polar surface area (TPSA) is 88.1 Å². The van der Waals surface area contributed by atoms with Crippen LogP contribution in [-0.4, -0.2) is 23.1 Å². The van der Waals surface area contributed by atoms with Gasteiger partial charge in [-0.1, -0.05) is 0 Å². The van der Waals surface area contributed by atoms with Crippen molar-refractivity contribution in [2.24, 2.45) is 0 Å². The van der Waals surface area contributed by atoms with E-state index in [1.54, 1.807) is 12.3 Å². The number of nitrogens with two attached hydrogens (primary N) is 1. The fraction of sp³-hybridized carbons (Fsp3) is 0.261. The van der Waals surface area contributed by atoms with Crippen LogP contribution in [0.2, 0.25) is 0 Å². The third kappa shape index (κ3) is 2.63. The number of nitrogen functional groups attached to an aromatic ring is 1. The van der Waals surface area contributed by atoms with Crippen LogP contribution in [0.25, 0.3) is 32.1 Å². The van der Waals surface area contributed by atoms with E-state index in [1.807, 2.05) is 4.90 Å². The van der Waals surface area contributed by atoms with Crippen molar-refractivity contribution >= 4 is 43.3 Å². The van der Waals surface area contributed by atoms with Crippen molar-refractivity contribution in [3.05, 3.63) is 46.7 Å². The fourth-order valence-corrected chi connectivity index (χ4v) is 5.70. The van der Waals surface area contributed by atoms with Gasteiger partial charge < -0.3 is 15.4 Å². The van der Waals surface area contributed by atoms with Gasteiger partial charge in [0.1, 0.15) is 22.4 Å². The molecule has 0 saturated carbocycles. The van der Waals surface area contributed by atoms with Gasteiger partial charge in [0, 0.05) is 45.9 Å². The van der Waals surface area contributed by atoms with Gasteiger partial charge in [0.2, 0.25) is 5.95 Å². The Bertz CT molecular complexity index is 1470. The predicted molar refractivity (Wildman–Crippen MR) is 119 cm³/mol. The summed E-state index contributed by atoms with van der Waals surface area (Å²) in [4.78, 5) is 11.0. The minimum Gasteiger partial charge on any atom is -0.389 e. The molecule has 0 spiro atoms. The average Bonchev–Trinajstić information content (AvgIpc) is 3.54. The van der Waals surface area contributed by atoms with E-state index in [2.05, 4.69) is 16.0 Å². The van der Waals surface area contributed by atoms with Crippen LogP contribution in [0.1, 0.15) is 29.5 Å². The fourth-order valence-electron chi connectivity index (χ4n) is 4.77. The third-order valence-corrected chi connectivity index (χ3v) is 7.25. The Hall–Kier alpha value is -3.35. The van der Waals surface area contributed by atoms with Gasteiger partial charge in [0.15, 0.2) is 5.82 Å². The first-order valence-electron chi connectivity index (χ1n) is 10.3. The molecular weight excluding hydrogens is 432 g/mol. The SMILES string of the molecule is N#Cc1c(N)sc2ccc(F)c(-c3c4c(c5cnc(N6CCCC6)nc5c3F)COC4)c12. The highest BCUT2D eigenvalue weighted by molar-refractivity contribution is 7.23. The lowest BCUT2D eigenvalue weighted by atomic mass is 9.90. The molecular formula is C23H17F2N5OS. The van der Waals surface area contributed by atoms with E-state index in [0.29, 0.717) is 27.0 Å². The Balaban J connectivity index is 1.72. The third-order valence-electron chi connectivity index (χ3n) is 6.27. The molecule has 0 amide bonds. The summed E-state index contributed by atoms with van der Waals surface area (Å²) in [5.41, 5.74) is 7.76. The largest absolute Gasteiger partial charge is 0.389 e. The first kappa shape index (κ1) is 19.3. The molecule has 32 heavy (non-hydrogen) atoms. The maximum Gasteiger partial charge on any atom is 0.225 e. The number of fused-ring (bicyclic) bond motifs is 4. The standard InChI is InChI=1S/C23H17F2N5OS/c24-15-3-4-16-17(11(7-26)22(27)32-16)19(15)18-14-10-31-9-13(14)12-8-28-23(29-21(12)20(18)25)30-5-1-2-6-30/h3-4,8H,1-2,5-6,9-10,27H2. The molecule has 6 nitrogen and oxygen atoms in total.